The summed E-state index contributed by atoms with van der Waals surface area (Å²) in [7, 11) is 0. The lowest BCUT2D eigenvalue weighted by molar-refractivity contribution is 0.103. The molecule has 21 heavy (non-hydrogen) atoms. The molecule has 0 saturated carbocycles. The highest BCUT2D eigenvalue weighted by Gasteiger charge is 2.09. The molecule has 0 aliphatic carbocycles. The monoisotopic (exact) mass is 337 g/mol. The number of nitrogens with one attached hydrogen (secondary N) is 1. The van der Waals surface area contributed by atoms with Crippen molar-refractivity contribution in [2.45, 2.75) is 0 Å². The first kappa shape index (κ1) is 14.1. The molecule has 1 N–H and O–H groups in total. The average molecular weight is 338 g/mol. The zero-order chi connectivity index (χ0) is 14.8. The summed E-state index contributed by atoms with van der Waals surface area (Å²) < 4.78 is 1.66. The van der Waals surface area contributed by atoms with E-state index >= 15 is 0 Å². The van der Waals surface area contributed by atoms with Crippen molar-refractivity contribution in [1.29, 1.82) is 0 Å². The van der Waals surface area contributed by atoms with E-state index in [0.29, 0.717) is 15.7 Å². The SMILES string of the molecule is O=C(Nc1ccc(-n2cnc(Cl)c2Cl)cc1)c1cccs1. The first-order valence-electron chi connectivity index (χ1n) is 5.99. The number of nitrogens with zero attached hydrogens (tertiary/aromatic N) is 2. The van der Waals surface area contributed by atoms with E-state index in [-0.39, 0.29) is 11.1 Å². The first-order chi connectivity index (χ1) is 10.1. The molecule has 3 rings (SSSR count). The smallest absolute Gasteiger partial charge is 0.265 e. The third kappa shape index (κ3) is 2.95. The Kier molecular flexibility index (Phi) is 3.96. The van der Waals surface area contributed by atoms with Gasteiger partial charge in [0.2, 0.25) is 0 Å². The topological polar surface area (TPSA) is 46.9 Å². The molecular formula is C14H9Cl2N3OS. The molecule has 3 aromatic rings. The van der Waals surface area contributed by atoms with E-state index in [2.05, 4.69) is 10.3 Å². The maximum absolute atomic E-state index is 11.9. The van der Waals surface area contributed by atoms with Gasteiger partial charge in [-0.15, -0.1) is 11.3 Å². The average Bonchev–Trinajstić information content (AvgIpc) is 3.12. The molecule has 0 spiro atoms. The summed E-state index contributed by atoms with van der Waals surface area (Å²) in [5.74, 6) is -0.124. The van der Waals surface area contributed by atoms with Gasteiger partial charge >= 0.3 is 0 Å². The van der Waals surface area contributed by atoms with Crippen molar-refractivity contribution in [1.82, 2.24) is 9.55 Å². The van der Waals surface area contributed by atoms with Crippen LogP contribution in [-0.2, 0) is 0 Å². The van der Waals surface area contributed by atoms with Gasteiger partial charge in [-0.05, 0) is 35.7 Å². The number of carbonyl (C=O) groups excluding carboxylic acids is 1. The van der Waals surface area contributed by atoms with Crippen molar-refractivity contribution >= 4 is 46.1 Å². The molecule has 0 saturated heterocycles. The Bertz CT molecular complexity index is 766. The lowest BCUT2D eigenvalue weighted by Gasteiger charge is -2.07. The summed E-state index contributed by atoms with van der Waals surface area (Å²) in [4.78, 5) is 16.5. The second kappa shape index (κ2) is 5.89. The van der Waals surface area contributed by atoms with Crippen LogP contribution in [0.3, 0.4) is 0 Å². The van der Waals surface area contributed by atoms with Crippen LogP contribution in [0.1, 0.15) is 9.67 Å². The molecule has 2 heterocycles. The zero-order valence-electron chi connectivity index (χ0n) is 10.6. The minimum atomic E-state index is -0.124. The molecule has 2 aromatic heterocycles. The predicted molar refractivity (Wildman–Crippen MR) is 85.9 cm³/mol. The summed E-state index contributed by atoms with van der Waals surface area (Å²) in [5.41, 5.74) is 1.52. The number of anilines is 1. The maximum Gasteiger partial charge on any atom is 0.265 e. The Labute approximate surface area is 135 Å². The molecule has 0 radical (unpaired) electrons. The number of benzene rings is 1. The number of amides is 1. The van der Waals surface area contributed by atoms with Crippen LogP contribution >= 0.6 is 34.5 Å². The summed E-state index contributed by atoms with van der Waals surface area (Å²) in [5, 5.41) is 5.30. The van der Waals surface area contributed by atoms with Crippen LogP contribution in [0.4, 0.5) is 5.69 Å². The predicted octanol–water partition coefficient (Wildman–Crippen LogP) is 4.49. The maximum atomic E-state index is 11.9. The number of rotatable bonds is 3. The lowest BCUT2D eigenvalue weighted by Crippen LogP contribution is -2.09. The molecule has 0 atom stereocenters. The molecule has 0 unspecified atom stereocenters. The second-order valence-corrected chi connectivity index (χ2v) is 5.84. The van der Waals surface area contributed by atoms with E-state index in [4.69, 9.17) is 23.2 Å². The van der Waals surface area contributed by atoms with Gasteiger partial charge in [0.1, 0.15) is 6.33 Å². The molecule has 0 bridgehead atoms. The van der Waals surface area contributed by atoms with Crippen molar-refractivity contribution < 1.29 is 4.79 Å². The molecule has 0 aliphatic rings. The van der Waals surface area contributed by atoms with Crippen LogP contribution in [-0.4, -0.2) is 15.5 Å². The Morgan fingerprint density at radius 1 is 1.19 bits per heavy atom. The number of hydrogen-bond acceptors (Lipinski definition) is 3. The van der Waals surface area contributed by atoms with Crippen molar-refractivity contribution in [3.8, 4) is 5.69 Å². The first-order valence-corrected chi connectivity index (χ1v) is 7.62. The van der Waals surface area contributed by atoms with Gasteiger partial charge < -0.3 is 5.32 Å². The summed E-state index contributed by atoms with van der Waals surface area (Å²) in [6, 6.07) is 10.9. The Morgan fingerprint density at radius 2 is 1.95 bits per heavy atom. The Hall–Kier alpha value is -1.82. The quantitative estimate of drug-likeness (QED) is 0.765. The third-order valence-electron chi connectivity index (χ3n) is 2.82. The fourth-order valence-corrected chi connectivity index (χ4v) is 2.74. The highest BCUT2D eigenvalue weighted by Crippen LogP contribution is 2.24. The molecule has 1 aromatic carbocycles. The highest BCUT2D eigenvalue weighted by molar-refractivity contribution is 7.12. The van der Waals surface area contributed by atoms with Gasteiger partial charge in [-0.3, -0.25) is 9.36 Å². The minimum Gasteiger partial charge on any atom is -0.321 e. The largest absolute Gasteiger partial charge is 0.321 e. The van der Waals surface area contributed by atoms with Crippen molar-refractivity contribution in [2.24, 2.45) is 0 Å². The van der Waals surface area contributed by atoms with Gasteiger partial charge in [0, 0.05) is 11.4 Å². The van der Waals surface area contributed by atoms with E-state index in [0.717, 1.165) is 5.69 Å². The van der Waals surface area contributed by atoms with Crippen LogP contribution in [0.5, 0.6) is 0 Å². The fraction of sp³-hybridized carbons (Fsp3) is 0. The zero-order valence-corrected chi connectivity index (χ0v) is 12.9. The van der Waals surface area contributed by atoms with E-state index in [1.807, 2.05) is 23.6 Å². The van der Waals surface area contributed by atoms with Gasteiger partial charge in [0.25, 0.3) is 5.91 Å². The minimum absolute atomic E-state index is 0.124. The molecule has 1 amide bonds. The van der Waals surface area contributed by atoms with Gasteiger partial charge in [-0.25, -0.2) is 4.98 Å². The van der Waals surface area contributed by atoms with Crippen LogP contribution in [0, 0.1) is 0 Å². The van der Waals surface area contributed by atoms with E-state index < -0.39 is 0 Å². The van der Waals surface area contributed by atoms with E-state index in [1.165, 1.54) is 11.3 Å². The lowest BCUT2D eigenvalue weighted by atomic mass is 10.2. The third-order valence-corrected chi connectivity index (χ3v) is 4.42. The molecule has 0 aliphatic heterocycles. The van der Waals surface area contributed by atoms with E-state index in [9.17, 15) is 4.79 Å². The number of aromatic nitrogens is 2. The molecule has 0 fully saturated rings. The molecule has 7 heteroatoms. The van der Waals surface area contributed by atoms with Crippen molar-refractivity contribution in [3.05, 3.63) is 63.3 Å². The Balaban J connectivity index is 1.78. The van der Waals surface area contributed by atoms with Crippen molar-refractivity contribution in [3.63, 3.8) is 0 Å². The van der Waals surface area contributed by atoms with Crippen LogP contribution in [0.25, 0.3) is 5.69 Å². The normalized spacial score (nSPS) is 10.6. The van der Waals surface area contributed by atoms with Crippen LogP contribution in [0.15, 0.2) is 48.1 Å². The van der Waals surface area contributed by atoms with Crippen LogP contribution < -0.4 is 5.32 Å². The number of thiophene rings is 1. The summed E-state index contributed by atoms with van der Waals surface area (Å²) >= 11 is 13.3. The van der Waals surface area contributed by atoms with Gasteiger partial charge in [-0.1, -0.05) is 29.3 Å². The molecule has 106 valence electrons. The second-order valence-electron chi connectivity index (χ2n) is 4.17. The van der Waals surface area contributed by atoms with Gasteiger partial charge in [0.05, 0.1) is 4.88 Å². The number of imidazole rings is 1. The van der Waals surface area contributed by atoms with Gasteiger partial charge in [-0.2, -0.15) is 0 Å². The number of halogens is 2. The Morgan fingerprint density at radius 3 is 2.52 bits per heavy atom. The summed E-state index contributed by atoms with van der Waals surface area (Å²) in [6.07, 6.45) is 1.55. The highest BCUT2D eigenvalue weighted by atomic mass is 35.5. The molecular weight excluding hydrogens is 329 g/mol. The summed E-state index contributed by atoms with van der Waals surface area (Å²) in [6.45, 7) is 0. The number of carbonyl (C=O) groups is 1. The number of hydrogen-bond donors (Lipinski definition) is 1. The molecule has 4 nitrogen and oxygen atoms in total. The van der Waals surface area contributed by atoms with E-state index in [1.54, 1.807) is 29.1 Å². The fourth-order valence-electron chi connectivity index (χ4n) is 1.80. The standard InChI is InChI=1S/C14H9Cl2N3OS/c15-12-13(16)19(8-17-12)10-5-3-9(4-6-10)18-14(20)11-2-1-7-21-11/h1-8H,(H,18,20). The van der Waals surface area contributed by atoms with Crippen molar-refractivity contribution in [2.75, 3.05) is 5.32 Å². The van der Waals surface area contributed by atoms with Gasteiger partial charge in [0.15, 0.2) is 10.3 Å². The van der Waals surface area contributed by atoms with Crippen LogP contribution in [0.2, 0.25) is 10.3 Å².